The van der Waals surface area contributed by atoms with Gasteiger partial charge < -0.3 is 34.9 Å². The van der Waals surface area contributed by atoms with Gasteiger partial charge in [0.2, 0.25) is 51.4 Å². The summed E-state index contributed by atoms with van der Waals surface area (Å²) in [6, 6.07) is -1.51. The Morgan fingerprint density at radius 1 is 0.824 bits per heavy atom. The molecule has 0 aromatic heterocycles. The van der Waals surface area contributed by atoms with Crippen molar-refractivity contribution in [1.82, 2.24) is 35.8 Å². The number of nitrogens with zero attached hydrogens (tertiary/aromatic N) is 2. The third-order valence-corrected chi connectivity index (χ3v) is 17.4. The van der Waals surface area contributed by atoms with Crippen LogP contribution in [0.1, 0.15) is 103 Å². The lowest BCUT2D eigenvalue weighted by atomic mass is 9.79. The summed E-state index contributed by atoms with van der Waals surface area (Å²) in [7, 11) is -3.42. The molecule has 4 heterocycles. The SMILES string of the molecule is CS(=O)(=O)N1CCC(C(=O)N[C@@H](COCC2CCC(CNC(=O)CCOCCOCCOC3CCC4C(=O)N(C5CCC(=O)NC5=O)C(=O)C4C3)CC2)C(=O)NC2NC(C3CCCCC3)CS2)C1. The molecule has 7 fully saturated rings. The van der Waals surface area contributed by atoms with Gasteiger partial charge in [0.1, 0.15) is 17.6 Å². The highest BCUT2D eigenvalue weighted by atomic mass is 32.2. The minimum absolute atomic E-state index is 0.00938. The number of thioether (sulfide) groups is 1. The van der Waals surface area contributed by atoms with Crippen LogP contribution in [0, 0.1) is 35.5 Å². The van der Waals surface area contributed by atoms with Gasteiger partial charge in [-0.3, -0.25) is 49.1 Å². The number of carbonyl (C=O) groups excluding carboxylic acids is 7. The molecule has 382 valence electrons. The van der Waals surface area contributed by atoms with Crippen molar-refractivity contribution in [3.8, 4) is 0 Å². The number of carbonyl (C=O) groups is 7. The van der Waals surface area contributed by atoms with Crippen LogP contribution in [0.2, 0.25) is 0 Å². The second kappa shape index (κ2) is 25.2. The number of imide groups is 2. The molecule has 0 aromatic rings. The second-order valence-corrected chi connectivity index (χ2v) is 22.9. The zero-order chi connectivity index (χ0) is 48.2. The largest absolute Gasteiger partial charge is 0.379 e. The Morgan fingerprint density at radius 2 is 1.54 bits per heavy atom. The van der Waals surface area contributed by atoms with Crippen LogP contribution in [0.3, 0.4) is 0 Å². The molecular formula is C46H73N7O13S2. The first-order chi connectivity index (χ1) is 32.7. The van der Waals surface area contributed by atoms with E-state index in [0.29, 0.717) is 83.1 Å². The third-order valence-electron chi connectivity index (χ3n) is 15.0. The van der Waals surface area contributed by atoms with Crippen LogP contribution in [0.4, 0.5) is 0 Å². The van der Waals surface area contributed by atoms with Gasteiger partial charge >= 0.3 is 0 Å². The lowest BCUT2D eigenvalue weighted by molar-refractivity contribution is -0.151. The van der Waals surface area contributed by atoms with Gasteiger partial charge in [0.05, 0.1) is 69.8 Å². The fourth-order valence-electron chi connectivity index (χ4n) is 10.9. The van der Waals surface area contributed by atoms with E-state index in [0.717, 1.165) is 42.6 Å². The smallest absolute Gasteiger partial charge is 0.249 e. The summed E-state index contributed by atoms with van der Waals surface area (Å²) < 4.78 is 48.8. The average molecular weight is 996 g/mol. The predicted molar refractivity (Wildman–Crippen MR) is 248 cm³/mol. The van der Waals surface area contributed by atoms with Crippen LogP contribution in [-0.4, -0.2) is 167 Å². The van der Waals surface area contributed by atoms with Gasteiger partial charge in [-0.15, -0.1) is 11.8 Å². The van der Waals surface area contributed by atoms with Crippen LogP contribution < -0.4 is 26.6 Å². The monoisotopic (exact) mass is 995 g/mol. The van der Waals surface area contributed by atoms with Crippen molar-refractivity contribution >= 4 is 63.1 Å². The number of sulfonamides is 1. The normalized spacial score (nSPS) is 31.1. The highest BCUT2D eigenvalue weighted by Gasteiger charge is 2.54. The summed E-state index contributed by atoms with van der Waals surface area (Å²) in [6.45, 7) is 2.95. The maximum Gasteiger partial charge on any atom is 0.249 e. The Morgan fingerprint density at radius 3 is 2.28 bits per heavy atom. The van der Waals surface area contributed by atoms with Crippen molar-refractivity contribution in [2.24, 2.45) is 35.5 Å². The van der Waals surface area contributed by atoms with Crippen molar-refractivity contribution in [3.63, 3.8) is 0 Å². The lowest BCUT2D eigenvalue weighted by Gasteiger charge is -2.29. The van der Waals surface area contributed by atoms with Crippen LogP contribution in [0.15, 0.2) is 0 Å². The molecular weight excluding hydrogens is 923 g/mol. The lowest BCUT2D eigenvalue weighted by Crippen LogP contribution is -2.55. The van der Waals surface area contributed by atoms with E-state index in [1.54, 1.807) is 11.8 Å². The molecule has 3 saturated carbocycles. The molecule has 20 nitrogen and oxygen atoms in total. The van der Waals surface area contributed by atoms with Crippen molar-refractivity contribution in [2.75, 3.05) is 77.9 Å². The summed E-state index contributed by atoms with van der Waals surface area (Å²) in [4.78, 5) is 90.7. The van der Waals surface area contributed by atoms with E-state index < -0.39 is 51.7 Å². The van der Waals surface area contributed by atoms with Crippen molar-refractivity contribution < 1.29 is 60.9 Å². The van der Waals surface area contributed by atoms with Gasteiger partial charge in [0.15, 0.2) is 0 Å². The van der Waals surface area contributed by atoms with E-state index in [4.69, 9.17) is 18.9 Å². The number of likely N-dealkylation sites (tertiary alicyclic amines) is 1. The van der Waals surface area contributed by atoms with E-state index in [2.05, 4.69) is 26.6 Å². The molecule has 22 heteroatoms. The minimum Gasteiger partial charge on any atom is -0.379 e. The summed E-state index contributed by atoms with van der Waals surface area (Å²) >= 11 is 1.67. The zero-order valence-corrected chi connectivity index (χ0v) is 41.1. The predicted octanol–water partition coefficient (Wildman–Crippen LogP) is 0.776. The fourth-order valence-corrected chi connectivity index (χ4v) is 13.1. The van der Waals surface area contributed by atoms with E-state index in [1.807, 2.05) is 0 Å². The van der Waals surface area contributed by atoms with Gasteiger partial charge in [0.25, 0.3) is 0 Å². The molecule has 0 radical (unpaired) electrons. The zero-order valence-electron chi connectivity index (χ0n) is 39.5. The maximum atomic E-state index is 13.6. The van der Waals surface area contributed by atoms with Crippen LogP contribution in [-0.2, 0) is 62.5 Å². The number of hydrogen-bond donors (Lipinski definition) is 5. The molecule has 8 atom stereocenters. The van der Waals surface area contributed by atoms with Gasteiger partial charge in [0, 0.05) is 50.9 Å². The molecule has 68 heavy (non-hydrogen) atoms. The molecule has 0 aromatic carbocycles. The Labute approximate surface area is 404 Å². The Hall–Kier alpha value is -3.25. The fraction of sp³-hybridized carbons (Fsp3) is 0.848. The topological polar surface area (TPSA) is 257 Å². The first-order valence-electron chi connectivity index (χ1n) is 25.0. The standard InChI is InChI=1S/C46H73N7O13S2/c1-68(61,62)52-17-15-32(25-52)41(56)48-36(42(57)51-46-49-37(28-67-46)31-5-3-2-4-6-31)27-65-26-30-9-7-29(8-10-30)24-47-39(54)16-18-63-19-20-64-21-22-66-33-11-12-34-35(23-33)45(60)53(44(34)59)38-13-14-40(55)50-43(38)58/h29-38,46,49H,2-28H2,1H3,(H,47,54)(H,48,56)(H,51,57)(H,50,55,58)/t29?,30?,32?,33?,34?,35?,36-,37?,38?,46?/m0/s1. The van der Waals surface area contributed by atoms with Gasteiger partial charge in [-0.2, -0.15) is 0 Å². The summed E-state index contributed by atoms with van der Waals surface area (Å²) in [5.74, 6) is -1.82. The maximum absolute atomic E-state index is 13.6. The number of hydrogen-bond acceptors (Lipinski definition) is 15. The summed E-state index contributed by atoms with van der Waals surface area (Å²) in [6.07, 6.45) is 13.2. The van der Waals surface area contributed by atoms with Crippen molar-refractivity contribution in [1.29, 1.82) is 0 Å². The van der Waals surface area contributed by atoms with E-state index in [9.17, 15) is 42.0 Å². The van der Waals surface area contributed by atoms with Gasteiger partial charge in [-0.1, -0.05) is 19.3 Å². The first-order valence-corrected chi connectivity index (χ1v) is 27.9. The molecule has 3 aliphatic carbocycles. The first kappa shape index (κ1) is 52.6. The molecule has 4 saturated heterocycles. The molecule has 7 unspecified atom stereocenters. The summed E-state index contributed by atoms with van der Waals surface area (Å²) in [5.41, 5.74) is -0.255. The van der Waals surface area contributed by atoms with Crippen LogP contribution in [0.5, 0.6) is 0 Å². The number of fused-ring (bicyclic) bond motifs is 1. The number of piperidine rings is 1. The highest BCUT2D eigenvalue weighted by molar-refractivity contribution is 8.00. The number of amides is 7. The van der Waals surface area contributed by atoms with Crippen molar-refractivity contribution in [2.45, 2.75) is 132 Å². The molecule has 0 bridgehead atoms. The quantitative estimate of drug-likeness (QED) is 0.0701. The van der Waals surface area contributed by atoms with Gasteiger partial charge in [-0.05, 0) is 88.4 Å². The van der Waals surface area contributed by atoms with Crippen LogP contribution >= 0.6 is 11.8 Å². The van der Waals surface area contributed by atoms with E-state index in [1.165, 1.54) is 36.4 Å². The molecule has 0 spiro atoms. The Bertz CT molecular complexity index is 1900. The second-order valence-electron chi connectivity index (χ2n) is 19.8. The average Bonchev–Trinajstić information content (AvgIpc) is 4.07. The molecule has 7 aliphatic rings. The molecule has 7 amide bonds. The number of ether oxygens (including phenoxy) is 4. The molecule has 7 rings (SSSR count). The summed E-state index contributed by atoms with van der Waals surface area (Å²) in [5, 5.41) is 14.8. The minimum atomic E-state index is -3.42. The molecule has 5 N–H and O–H groups in total. The third kappa shape index (κ3) is 14.7. The van der Waals surface area contributed by atoms with Crippen molar-refractivity contribution in [3.05, 3.63) is 0 Å². The Kier molecular flexibility index (Phi) is 19.5. The highest BCUT2D eigenvalue weighted by Crippen LogP contribution is 2.41. The van der Waals surface area contributed by atoms with Gasteiger partial charge in [-0.25, -0.2) is 12.7 Å². The molecule has 4 aliphatic heterocycles. The number of rotatable bonds is 23. The Balaban J connectivity index is 0.716. The van der Waals surface area contributed by atoms with E-state index >= 15 is 0 Å². The van der Waals surface area contributed by atoms with E-state index in [-0.39, 0.29) is 92.6 Å². The van der Waals surface area contributed by atoms with Crippen LogP contribution in [0.25, 0.3) is 0 Å². The number of nitrogens with one attached hydrogen (secondary N) is 5.